The molecule has 1 N–H and O–H groups in total. The molecular formula is C9H9NO. The van der Waals surface area contributed by atoms with Gasteiger partial charge in [0.2, 0.25) is 0 Å². The number of nitrogens with one attached hydrogen (secondary N) is 1. The first kappa shape index (κ1) is 7.62. The van der Waals surface area contributed by atoms with E-state index in [4.69, 9.17) is 0 Å². The summed E-state index contributed by atoms with van der Waals surface area (Å²) in [7, 11) is 0. The first-order chi connectivity index (χ1) is 5.43. The van der Waals surface area contributed by atoms with Crippen molar-refractivity contribution in [3.8, 4) is 11.8 Å². The molecule has 1 aromatic heterocycles. The number of hydrogen-bond acceptors (Lipinski definition) is 1. The fraction of sp³-hybridized carbons (Fsp3) is 0.222. The molecule has 0 bridgehead atoms. The second kappa shape index (κ2) is 4.35. The summed E-state index contributed by atoms with van der Waals surface area (Å²) in [5.41, 5.74) is 1.23. The Morgan fingerprint density at radius 2 is 2.55 bits per heavy atom. The van der Waals surface area contributed by atoms with Crippen molar-refractivity contribution in [2.24, 2.45) is 0 Å². The lowest BCUT2D eigenvalue weighted by Crippen LogP contribution is -1.78. The number of carbonyl (C=O) groups excluding carboxylic acids is 1. The molecule has 1 heterocycles. The quantitative estimate of drug-likeness (QED) is 0.494. The van der Waals surface area contributed by atoms with Crippen LogP contribution in [0.5, 0.6) is 0 Å². The third-order valence-electron chi connectivity index (χ3n) is 1.36. The van der Waals surface area contributed by atoms with E-state index in [1.165, 1.54) is 5.56 Å². The summed E-state index contributed by atoms with van der Waals surface area (Å²) in [6, 6.07) is 2.00. The van der Waals surface area contributed by atoms with Gasteiger partial charge in [0.15, 0.2) is 6.29 Å². The van der Waals surface area contributed by atoms with Gasteiger partial charge in [-0.15, -0.1) is 0 Å². The van der Waals surface area contributed by atoms with Gasteiger partial charge in [-0.05, 0) is 24.0 Å². The average Bonchev–Trinajstić information content (AvgIpc) is 2.50. The van der Waals surface area contributed by atoms with E-state index in [9.17, 15) is 4.79 Å². The lowest BCUT2D eigenvalue weighted by molar-refractivity contribution is -0.103. The van der Waals surface area contributed by atoms with Crippen LogP contribution in [0.25, 0.3) is 0 Å². The molecular weight excluding hydrogens is 138 g/mol. The fourth-order valence-corrected chi connectivity index (χ4v) is 0.835. The van der Waals surface area contributed by atoms with Gasteiger partial charge in [-0.2, -0.15) is 0 Å². The van der Waals surface area contributed by atoms with Crippen molar-refractivity contribution < 1.29 is 4.79 Å². The highest BCUT2D eigenvalue weighted by atomic mass is 16.1. The molecule has 0 amide bonds. The Hall–Kier alpha value is -1.49. The predicted octanol–water partition coefficient (Wildman–Crippen LogP) is 1.15. The molecule has 1 rings (SSSR count). The summed E-state index contributed by atoms with van der Waals surface area (Å²) in [6.45, 7) is 0. The normalized spacial score (nSPS) is 8.36. The SMILES string of the molecule is O=CC#CCCc1cc[nH]c1. The maximum Gasteiger partial charge on any atom is 0.192 e. The number of carbonyl (C=O) groups is 1. The molecule has 0 aliphatic heterocycles. The second-order valence-corrected chi connectivity index (χ2v) is 2.16. The summed E-state index contributed by atoms with van der Waals surface area (Å²) < 4.78 is 0. The monoisotopic (exact) mass is 147 g/mol. The first-order valence-corrected chi connectivity index (χ1v) is 3.47. The first-order valence-electron chi connectivity index (χ1n) is 3.47. The van der Waals surface area contributed by atoms with E-state index < -0.39 is 0 Å². The van der Waals surface area contributed by atoms with Crippen molar-refractivity contribution in [2.45, 2.75) is 12.8 Å². The fourth-order valence-electron chi connectivity index (χ4n) is 0.835. The molecule has 0 fully saturated rings. The lowest BCUT2D eigenvalue weighted by Gasteiger charge is -1.86. The Morgan fingerprint density at radius 1 is 1.64 bits per heavy atom. The van der Waals surface area contributed by atoms with Gasteiger partial charge in [0.05, 0.1) is 0 Å². The van der Waals surface area contributed by atoms with E-state index >= 15 is 0 Å². The third-order valence-corrected chi connectivity index (χ3v) is 1.36. The predicted molar refractivity (Wildman–Crippen MR) is 43.0 cm³/mol. The topological polar surface area (TPSA) is 32.9 Å². The molecule has 0 saturated carbocycles. The van der Waals surface area contributed by atoms with Gasteiger partial charge in [0, 0.05) is 18.8 Å². The van der Waals surface area contributed by atoms with Crippen molar-refractivity contribution in [3.63, 3.8) is 0 Å². The molecule has 1 aromatic rings. The molecule has 0 aromatic carbocycles. The number of aromatic amines is 1. The van der Waals surface area contributed by atoms with Gasteiger partial charge in [-0.3, -0.25) is 4.79 Å². The van der Waals surface area contributed by atoms with Crippen molar-refractivity contribution in [3.05, 3.63) is 24.0 Å². The number of aromatic nitrogens is 1. The smallest absolute Gasteiger partial charge is 0.192 e. The Morgan fingerprint density at radius 3 is 3.18 bits per heavy atom. The Balaban J connectivity index is 2.29. The summed E-state index contributed by atoms with van der Waals surface area (Å²) >= 11 is 0. The summed E-state index contributed by atoms with van der Waals surface area (Å²) in [5, 5.41) is 0. The average molecular weight is 147 g/mol. The zero-order valence-electron chi connectivity index (χ0n) is 6.13. The van der Waals surface area contributed by atoms with Crippen LogP contribution in [0.1, 0.15) is 12.0 Å². The lowest BCUT2D eigenvalue weighted by atomic mass is 10.2. The minimum Gasteiger partial charge on any atom is -0.367 e. The van der Waals surface area contributed by atoms with Crippen LogP contribution < -0.4 is 0 Å². The highest BCUT2D eigenvalue weighted by molar-refractivity contribution is 5.72. The molecule has 2 nitrogen and oxygen atoms in total. The van der Waals surface area contributed by atoms with Crippen LogP contribution in [0, 0.1) is 11.8 Å². The Kier molecular flexibility index (Phi) is 3.01. The zero-order valence-corrected chi connectivity index (χ0v) is 6.13. The van der Waals surface area contributed by atoms with Crippen LogP contribution >= 0.6 is 0 Å². The van der Waals surface area contributed by atoms with Gasteiger partial charge >= 0.3 is 0 Å². The van der Waals surface area contributed by atoms with Crippen LogP contribution in [0.3, 0.4) is 0 Å². The Bertz CT molecular complexity index is 263. The van der Waals surface area contributed by atoms with Crippen molar-refractivity contribution in [1.82, 2.24) is 4.98 Å². The molecule has 0 aliphatic carbocycles. The number of aryl methyl sites for hydroxylation is 1. The maximum absolute atomic E-state index is 9.79. The molecule has 0 aliphatic rings. The molecule has 0 unspecified atom stereocenters. The largest absolute Gasteiger partial charge is 0.367 e. The molecule has 56 valence electrons. The summed E-state index contributed by atoms with van der Waals surface area (Å²) in [5.74, 6) is 5.11. The van der Waals surface area contributed by atoms with Crippen molar-refractivity contribution in [1.29, 1.82) is 0 Å². The Labute approximate surface area is 65.6 Å². The molecule has 0 atom stereocenters. The number of rotatable bonds is 2. The van der Waals surface area contributed by atoms with E-state index in [1.807, 2.05) is 18.5 Å². The molecule has 2 heteroatoms. The van der Waals surface area contributed by atoms with E-state index in [-0.39, 0.29) is 0 Å². The molecule has 0 radical (unpaired) electrons. The standard InChI is InChI=1S/C9H9NO/c11-7-3-1-2-4-9-5-6-10-8-9/h5-8,10H,2,4H2. The van der Waals surface area contributed by atoms with E-state index in [1.54, 1.807) is 0 Å². The van der Waals surface area contributed by atoms with E-state index in [2.05, 4.69) is 16.8 Å². The minimum atomic E-state index is 0.622. The number of H-pyrrole nitrogens is 1. The van der Waals surface area contributed by atoms with E-state index in [0.717, 1.165) is 12.8 Å². The van der Waals surface area contributed by atoms with Gasteiger partial charge in [0.1, 0.15) is 0 Å². The van der Waals surface area contributed by atoms with Gasteiger partial charge in [-0.25, -0.2) is 0 Å². The summed E-state index contributed by atoms with van der Waals surface area (Å²) in [6.07, 6.45) is 6.09. The van der Waals surface area contributed by atoms with Crippen molar-refractivity contribution in [2.75, 3.05) is 0 Å². The molecule has 11 heavy (non-hydrogen) atoms. The molecule has 0 saturated heterocycles. The number of hydrogen-bond donors (Lipinski definition) is 1. The highest BCUT2D eigenvalue weighted by Crippen LogP contribution is 1.99. The van der Waals surface area contributed by atoms with Crippen LogP contribution in [0.2, 0.25) is 0 Å². The summed E-state index contributed by atoms with van der Waals surface area (Å²) in [4.78, 5) is 12.7. The van der Waals surface area contributed by atoms with Gasteiger partial charge < -0.3 is 4.98 Å². The third kappa shape index (κ3) is 2.72. The zero-order chi connectivity index (χ0) is 7.94. The van der Waals surface area contributed by atoms with Crippen LogP contribution in [-0.4, -0.2) is 11.3 Å². The van der Waals surface area contributed by atoms with E-state index in [0.29, 0.717) is 6.29 Å². The van der Waals surface area contributed by atoms with Gasteiger partial charge in [0.25, 0.3) is 0 Å². The number of aldehydes is 1. The minimum absolute atomic E-state index is 0.622. The van der Waals surface area contributed by atoms with Crippen LogP contribution in [0.4, 0.5) is 0 Å². The van der Waals surface area contributed by atoms with Crippen molar-refractivity contribution >= 4 is 6.29 Å². The van der Waals surface area contributed by atoms with Crippen LogP contribution in [0.15, 0.2) is 18.5 Å². The van der Waals surface area contributed by atoms with Crippen LogP contribution in [-0.2, 0) is 11.2 Å². The molecule has 0 spiro atoms. The maximum atomic E-state index is 9.79. The second-order valence-electron chi connectivity index (χ2n) is 2.16. The highest BCUT2D eigenvalue weighted by Gasteiger charge is 1.88. The van der Waals surface area contributed by atoms with Gasteiger partial charge in [-0.1, -0.05) is 5.92 Å².